The van der Waals surface area contributed by atoms with Crippen molar-refractivity contribution < 1.29 is 9.53 Å². The first-order chi connectivity index (χ1) is 7.13. The first-order valence-electron chi connectivity index (χ1n) is 4.75. The Labute approximate surface area is 104 Å². The zero-order chi connectivity index (χ0) is 11.3. The van der Waals surface area contributed by atoms with Crippen LogP contribution in [-0.4, -0.2) is 5.97 Å². The molecular weight excluding hydrogens is 305 g/mol. The molecule has 1 rings (SSSR count). The number of rotatable bonds is 4. The van der Waals surface area contributed by atoms with Crippen LogP contribution >= 0.6 is 22.9 Å². The van der Waals surface area contributed by atoms with Crippen LogP contribution in [0.3, 0.4) is 0 Å². The summed E-state index contributed by atoms with van der Waals surface area (Å²) in [6.45, 7) is 4.00. The molecule has 82 valence electrons. The van der Waals surface area contributed by atoms with Crippen LogP contribution in [0.5, 0.6) is 0 Å². The minimum Gasteiger partial charge on any atom is -0.461 e. The van der Waals surface area contributed by atoms with E-state index in [1.807, 2.05) is 38.1 Å². The Bertz CT molecular complexity index is 322. The fourth-order valence-corrected chi connectivity index (χ4v) is 1.34. The first kappa shape index (κ1) is 12.3. The van der Waals surface area contributed by atoms with Gasteiger partial charge in [0.1, 0.15) is 6.61 Å². The lowest BCUT2D eigenvalue weighted by Crippen LogP contribution is -2.11. The van der Waals surface area contributed by atoms with Crippen molar-refractivity contribution in [3.05, 3.63) is 29.8 Å². The van der Waals surface area contributed by atoms with Crippen LogP contribution in [0.4, 0.5) is 5.69 Å². The largest absolute Gasteiger partial charge is 0.461 e. The number of nitrogens with one attached hydrogen (secondary N) is 1. The maximum Gasteiger partial charge on any atom is 0.308 e. The monoisotopic (exact) mass is 319 g/mol. The van der Waals surface area contributed by atoms with E-state index in [0.717, 1.165) is 11.3 Å². The second kappa shape index (κ2) is 5.95. The molecule has 0 spiro atoms. The summed E-state index contributed by atoms with van der Waals surface area (Å²) in [4.78, 5) is 11.2. The summed E-state index contributed by atoms with van der Waals surface area (Å²) in [7, 11) is 0. The van der Waals surface area contributed by atoms with Gasteiger partial charge in [0.2, 0.25) is 0 Å². The predicted octanol–water partition coefficient (Wildman–Crippen LogP) is 3.15. The van der Waals surface area contributed by atoms with Crippen molar-refractivity contribution >= 4 is 34.5 Å². The molecule has 0 aromatic heterocycles. The summed E-state index contributed by atoms with van der Waals surface area (Å²) in [6, 6.07) is 7.78. The van der Waals surface area contributed by atoms with Gasteiger partial charge in [-0.2, -0.15) is 0 Å². The molecule has 4 heteroatoms. The molecule has 15 heavy (non-hydrogen) atoms. The van der Waals surface area contributed by atoms with Gasteiger partial charge in [0.15, 0.2) is 0 Å². The molecule has 0 atom stereocenters. The van der Waals surface area contributed by atoms with E-state index in [9.17, 15) is 4.79 Å². The third-order valence-electron chi connectivity index (χ3n) is 1.92. The highest BCUT2D eigenvalue weighted by atomic mass is 127. The van der Waals surface area contributed by atoms with Crippen LogP contribution in [0.1, 0.15) is 19.4 Å². The van der Waals surface area contributed by atoms with Crippen molar-refractivity contribution in [2.45, 2.75) is 20.5 Å². The molecule has 0 radical (unpaired) electrons. The number of carbonyl (C=O) groups excluding carboxylic acids is 1. The van der Waals surface area contributed by atoms with E-state index in [2.05, 4.69) is 26.4 Å². The first-order valence-corrected chi connectivity index (χ1v) is 5.83. The number of ether oxygens (including phenoxy) is 1. The molecule has 0 unspecified atom stereocenters. The molecule has 0 saturated heterocycles. The molecule has 3 nitrogen and oxygen atoms in total. The number of hydrogen-bond acceptors (Lipinski definition) is 3. The number of anilines is 1. The Morgan fingerprint density at radius 1 is 1.40 bits per heavy atom. The average Bonchev–Trinajstić information content (AvgIpc) is 2.26. The normalized spacial score (nSPS) is 10.1. The molecule has 0 saturated carbocycles. The summed E-state index contributed by atoms with van der Waals surface area (Å²) in [5, 5.41) is 0. The Kier molecular flexibility index (Phi) is 4.87. The number of carbonyl (C=O) groups is 1. The summed E-state index contributed by atoms with van der Waals surface area (Å²) in [6.07, 6.45) is 0. The van der Waals surface area contributed by atoms with Crippen LogP contribution in [0.2, 0.25) is 0 Å². The van der Waals surface area contributed by atoms with E-state index in [1.165, 1.54) is 0 Å². The van der Waals surface area contributed by atoms with Gasteiger partial charge in [0.05, 0.1) is 28.8 Å². The minimum atomic E-state index is -0.161. The highest BCUT2D eigenvalue weighted by Gasteiger charge is 2.07. The van der Waals surface area contributed by atoms with Gasteiger partial charge in [0, 0.05) is 5.69 Å². The third kappa shape index (κ3) is 4.07. The number of hydrogen-bond donors (Lipinski definition) is 1. The molecule has 1 N–H and O–H groups in total. The van der Waals surface area contributed by atoms with E-state index in [4.69, 9.17) is 4.74 Å². The van der Waals surface area contributed by atoms with Gasteiger partial charge in [-0.25, -0.2) is 0 Å². The fourth-order valence-electron chi connectivity index (χ4n) is 0.985. The molecule has 0 amide bonds. The number of esters is 1. The topological polar surface area (TPSA) is 38.3 Å². The van der Waals surface area contributed by atoms with E-state index in [1.54, 1.807) is 0 Å². The number of halogens is 1. The zero-order valence-corrected chi connectivity index (χ0v) is 10.9. The molecule has 0 aliphatic rings. The average molecular weight is 319 g/mol. The SMILES string of the molecule is CC(C)C(=O)OCc1ccc(NI)cc1. The van der Waals surface area contributed by atoms with Gasteiger partial charge < -0.3 is 8.27 Å². The standard InChI is InChI=1S/C11H14INO2/c1-8(2)11(14)15-7-9-3-5-10(13-12)6-4-9/h3-6,8,13H,7H2,1-2H3. The van der Waals surface area contributed by atoms with Gasteiger partial charge in [-0.3, -0.25) is 4.79 Å². The van der Waals surface area contributed by atoms with Gasteiger partial charge >= 0.3 is 5.97 Å². The molecule has 0 bridgehead atoms. The predicted molar refractivity (Wildman–Crippen MR) is 68.7 cm³/mol. The molecule has 0 fully saturated rings. The van der Waals surface area contributed by atoms with Gasteiger partial charge in [-0.05, 0) is 17.7 Å². The quantitative estimate of drug-likeness (QED) is 0.526. The van der Waals surface area contributed by atoms with Crippen LogP contribution < -0.4 is 3.53 Å². The van der Waals surface area contributed by atoms with Crippen molar-refractivity contribution in [2.24, 2.45) is 5.92 Å². The van der Waals surface area contributed by atoms with Crippen molar-refractivity contribution in [3.8, 4) is 0 Å². The molecular formula is C11H14INO2. The lowest BCUT2D eigenvalue weighted by atomic mass is 10.2. The molecule has 1 aromatic rings. The second-order valence-corrected chi connectivity index (χ2v) is 4.09. The van der Waals surface area contributed by atoms with E-state index in [0.29, 0.717) is 6.61 Å². The lowest BCUT2D eigenvalue weighted by Gasteiger charge is -2.07. The van der Waals surface area contributed by atoms with Crippen molar-refractivity contribution in [1.29, 1.82) is 0 Å². The fraction of sp³-hybridized carbons (Fsp3) is 0.364. The molecule has 0 heterocycles. The van der Waals surface area contributed by atoms with Crippen LogP contribution in [0, 0.1) is 5.92 Å². The maximum atomic E-state index is 11.2. The Hall–Kier alpha value is -0.780. The lowest BCUT2D eigenvalue weighted by molar-refractivity contribution is -0.148. The highest BCUT2D eigenvalue weighted by molar-refractivity contribution is 14.1. The molecule has 0 aliphatic carbocycles. The summed E-state index contributed by atoms with van der Waals surface area (Å²) in [5.74, 6) is -0.230. The summed E-state index contributed by atoms with van der Waals surface area (Å²) < 4.78 is 8.10. The Balaban J connectivity index is 2.47. The van der Waals surface area contributed by atoms with Gasteiger partial charge in [0.25, 0.3) is 0 Å². The van der Waals surface area contributed by atoms with Gasteiger partial charge in [-0.15, -0.1) is 0 Å². The van der Waals surface area contributed by atoms with Crippen molar-refractivity contribution in [3.63, 3.8) is 0 Å². The van der Waals surface area contributed by atoms with E-state index < -0.39 is 0 Å². The maximum absolute atomic E-state index is 11.2. The molecule has 0 aliphatic heterocycles. The highest BCUT2D eigenvalue weighted by Crippen LogP contribution is 2.12. The van der Waals surface area contributed by atoms with Crippen molar-refractivity contribution in [1.82, 2.24) is 0 Å². The minimum absolute atomic E-state index is 0.0692. The van der Waals surface area contributed by atoms with Crippen LogP contribution in [0.15, 0.2) is 24.3 Å². The van der Waals surface area contributed by atoms with E-state index >= 15 is 0 Å². The third-order valence-corrected chi connectivity index (χ3v) is 2.54. The smallest absolute Gasteiger partial charge is 0.308 e. The second-order valence-electron chi connectivity index (χ2n) is 3.55. The Morgan fingerprint density at radius 3 is 2.47 bits per heavy atom. The number of benzene rings is 1. The van der Waals surface area contributed by atoms with Gasteiger partial charge in [-0.1, -0.05) is 26.0 Å². The summed E-state index contributed by atoms with van der Waals surface area (Å²) in [5.41, 5.74) is 2.04. The summed E-state index contributed by atoms with van der Waals surface area (Å²) >= 11 is 2.07. The van der Waals surface area contributed by atoms with Crippen molar-refractivity contribution in [2.75, 3.05) is 3.53 Å². The van der Waals surface area contributed by atoms with E-state index in [-0.39, 0.29) is 11.9 Å². The Morgan fingerprint density at radius 2 is 2.00 bits per heavy atom. The van der Waals surface area contributed by atoms with Crippen LogP contribution in [0.25, 0.3) is 0 Å². The van der Waals surface area contributed by atoms with Crippen LogP contribution in [-0.2, 0) is 16.1 Å². The molecule has 1 aromatic carbocycles. The zero-order valence-electron chi connectivity index (χ0n) is 8.79.